The summed E-state index contributed by atoms with van der Waals surface area (Å²) in [5.41, 5.74) is 1.48. The van der Waals surface area contributed by atoms with Gasteiger partial charge >= 0.3 is 0 Å². The van der Waals surface area contributed by atoms with Crippen LogP contribution in [0.2, 0.25) is 0 Å². The van der Waals surface area contributed by atoms with Gasteiger partial charge in [0.25, 0.3) is 0 Å². The van der Waals surface area contributed by atoms with Crippen LogP contribution in [0.5, 0.6) is 0 Å². The largest absolute Gasteiger partial charge is 0.387 e. The molecule has 0 aromatic heterocycles. The minimum atomic E-state index is -0.657. The molecule has 1 fully saturated rings. The number of hydrogen-bond acceptors (Lipinski definition) is 2. The lowest BCUT2D eigenvalue weighted by Gasteiger charge is -2.38. The predicted molar refractivity (Wildman–Crippen MR) is 81.1 cm³/mol. The Labute approximate surface area is 122 Å². The standard InChI is InChI=1S/C18H25NO/c1-3-4-15-9-11-18(13-19,12-10-15)17(20)16-7-5-14(2)6-8-16/h5-8,15,17,20H,3-4,9-12H2,1-2H3. The number of aliphatic hydroxyl groups is 1. The lowest BCUT2D eigenvalue weighted by atomic mass is 9.66. The van der Waals surface area contributed by atoms with Gasteiger partial charge in [0.2, 0.25) is 0 Å². The van der Waals surface area contributed by atoms with Gasteiger partial charge in [-0.05, 0) is 44.1 Å². The highest BCUT2D eigenvalue weighted by Gasteiger charge is 2.42. The summed E-state index contributed by atoms with van der Waals surface area (Å²) in [6, 6.07) is 10.4. The van der Waals surface area contributed by atoms with E-state index in [1.807, 2.05) is 31.2 Å². The Bertz CT molecular complexity index is 463. The Balaban J connectivity index is 2.12. The van der Waals surface area contributed by atoms with Crippen molar-refractivity contribution in [2.24, 2.45) is 11.3 Å². The van der Waals surface area contributed by atoms with Gasteiger partial charge in [-0.1, -0.05) is 49.6 Å². The number of aryl methyl sites for hydroxylation is 1. The van der Waals surface area contributed by atoms with Crippen LogP contribution in [0.15, 0.2) is 24.3 Å². The van der Waals surface area contributed by atoms with E-state index in [4.69, 9.17) is 0 Å². The van der Waals surface area contributed by atoms with E-state index in [1.165, 1.54) is 18.4 Å². The maximum Gasteiger partial charge on any atom is 0.0976 e. The van der Waals surface area contributed by atoms with Crippen molar-refractivity contribution in [2.45, 2.75) is 58.5 Å². The minimum Gasteiger partial charge on any atom is -0.387 e. The summed E-state index contributed by atoms with van der Waals surface area (Å²) in [6.45, 7) is 4.25. The van der Waals surface area contributed by atoms with Crippen LogP contribution in [-0.4, -0.2) is 5.11 Å². The molecule has 1 aromatic carbocycles. The number of hydrogen-bond donors (Lipinski definition) is 1. The number of nitrogens with zero attached hydrogens (tertiary/aromatic N) is 1. The summed E-state index contributed by atoms with van der Waals surface area (Å²) in [5, 5.41) is 20.3. The molecule has 0 aliphatic heterocycles. The molecule has 2 heteroatoms. The number of nitriles is 1. The summed E-state index contributed by atoms with van der Waals surface area (Å²) in [5.74, 6) is 0.742. The zero-order valence-electron chi connectivity index (χ0n) is 12.6. The monoisotopic (exact) mass is 271 g/mol. The maximum absolute atomic E-state index is 10.7. The average Bonchev–Trinajstić information content (AvgIpc) is 2.49. The Kier molecular flexibility index (Phi) is 4.83. The molecule has 2 rings (SSSR count). The van der Waals surface area contributed by atoms with Gasteiger partial charge in [-0.15, -0.1) is 0 Å². The van der Waals surface area contributed by atoms with Crippen LogP contribution in [0.4, 0.5) is 0 Å². The third kappa shape index (κ3) is 3.04. The second-order valence-corrected chi connectivity index (χ2v) is 6.31. The van der Waals surface area contributed by atoms with Gasteiger partial charge in [0.15, 0.2) is 0 Å². The van der Waals surface area contributed by atoms with Crippen LogP contribution in [0.1, 0.15) is 62.7 Å². The average molecular weight is 271 g/mol. The van der Waals surface area contributed by atoms with Gasteiger partial charge in [0.1, 0.15) is 0 Å². The first kappa shape index (κ1) is 15.1. The Morgan fingerprint density at radius 3 is 2.40 bits per heavy atom. The van der Waals surface area contributed by atoms with Crippen LogP contribution < -0.4 is 0 Å². The van der Waals surface area contributed by atoms with Crippen LogP contribution in [0.3, 0.4) is 0 Å². The third-order valence-electron chi connectivity index (χ3n) is 4.83. The highest BCUT2D eigenvalue weighted by Crippen LogP contribution is 2.47. The molecule has 0 radical (unpaired) electrons. The van der Waals surface area contributed by atoms with Crippen LogP contribution >= 0.6 is 0 Å². The molecular formula is C18H25NO. The lowest BCUT2D eigenvalue weighted by Crippen LogP contribution is -2.32. The van der Waals surface area contributed by atoms with Crippen molar-refractivity contribution in [2.75, 3.05) is 0 Å². The fraction of sp³-hybridized carbons (Fsp3) is 0.611. The molecule has 0 saturated heterocycles. The first-order valence-corrected chi connectivity index (χ1v) is 7.77. The molecule has 1 aromatic rings. The predicted octanol–water partition coefficient (Wildman–Crippen LogP) is 4.53. The molecular weight excluding hydrogens is 246 g/mol. The Hall–Kier alpha value is -1.33. The highest BCUT2D eigenvalue weighted by atomic mass is 16.3. The zero-order valence-corrected chi connectivity index (χ0v) is 12.6. The molecule has 108 valence electrons. The fourth-order valence-electron chi connectivity index (χ4n) is 3.40. The quantitative estimate of drug-likeness (QED) is 0.874. The molecule has 1 unspecified atom stereocenters. The van der Waals surface area contributed by atoms with E-state index in [2.05, 4.69) is 13.0 Å². The molecule has 0 amide bonds. The van der Waals surface area contributed by atoms with E-state index in [0.717, 1.165) is 37.2 Å². The summed E-state index contributed by atoms with van der Waals surface area (Å²) in [7, 11) is 0. The zero-order chi connectivity index (χ0) is 14.6. The van der Waals surface area contributed by atoms with Crippen molar-refractivity contribution in [3.05, 3.63) is 35.4 Å². The second kappa shape index (κ2) is 6.41. The van der Waals surface area contributed by atoms with Crippen LogP contribution in [0.25, 0.3) is 0 Å². The van der Waals surface area contributed by atoms with Gasteiger partial charge in [-0.25, -0.2) is 0 Å². The summed E-state index contributed by atoms with van der Waals surface area (Å²) in [6.07, 6.45) is 5.60. The van der Waals surface area contributed by atoms with E-state index in [0.29, 0.717) is 0 Å². The SMILES string of the molecule is CCCC1CCC(C#N)(C(O)c2ccc(C)cc2)CC1. The molecule has 1 aliphatic carbocycles. The minimum absolute atomic E-state index is 0.584. The molecule has 0 bridgehead atoms. The molecule has 1 atom stereocenters. The Morgan fingerprint density at radius 2 is 1.90 bits per heavy atom. The smallest absolute Gasteiger partial charge is 0.0976 e. The molecule has 0 heterocycles. The van der Waals surface area contributed by atoms with Gasteiger partial charge in [-0.2, -0.15) is 5.26 Å². The summed E-state index contributed by atoms with van der Waals surface area (Å²) < 4.78 is 0. The lowest BCUT2D eigenvalue weighted by molar-refractivity contribution is 0.0236. The molecule has 2 nitrogen and oxygen atoms in total. The van der Waals surface area contributed by atoms with E-state index in [9.17, 15) is 10.4 Å². The second-order valence-electron chi connectivity index (χ2n) is 6.31. The van der Waals surface area contributed by atoms with E-state index < -0.39 is 11.5 Å². The van der Waals surface area contributed by atoms with Crippen molar-refractivity contribution in [3.63, 3.8) is 0 Å². The van der Waals surface area contributed by atoms with Crippen molar-refractivity contribution < 1.29 is 5.11 Å². The van der Waals surface area contributed by atoms with Gasteiger partial charge in [-0.3, -0.25) is 0 Å². The number of aliphatic hydroxyl groups excluding tert-OH is 1. The highest BCUT2D eigenvalue weighted by molar-refractivity contribution is 5.26. The van der Waals surface area contributed by atoms with Gasteiger partial charge < -0.3 is 5.11 Å². The molecule has 20 heavy (non-hydrogen) atoms. The number of benzene rings is 1. The van der Waals surface area contributed by atoms with E-state index in [-0.39, 0.29) is 0 Å². The first-order chi connectivity index (χ1) is 9.61. The first-order valence-electron chi connectivity index (χ1n) is 7.77. The van der Waals surface area contributed by atoms with E-state index >= 15 is 0 Å². The fourth-order valence-corrected chi connectivity index (χ4v) is 3.40. The summed E-state index contributed by atoms with van der Waals surface area (Å²) >= 11 is 0. The van der Waals surface area contributed by atoms with Crippen molar-refractivity contribution >= 4 is 0 Å². The topological polar surface area (TPSA) is 44.0 Å². The van der Waals surface area contributed by atoms with Gasteiger partial charge in [0.05, 0.1) is 17.6 Å². The number of rotatable bonds is 4. The third-order valence-corrected chi connectivity index (χ3v) is 4.83. The van der Waals surface area contributed by atoms with E-state index in [1.54, 1.807) is 0 Å². The maximum atomic E-state index is 10.7. The van der Waals surface area contributed by atoms with Gasteiger partial charge in [0, 0.05) is 0 Å². The van der Waals surface area contributed by atoms with Crippen molar-refractivity contribution in [1.29, 1.82) is 5.26 Å². The molecule has 0 spiro atoms. The van der Waals surface area contributed by atoms with Crippen molar-refractivity contribution in [1.82, 2.24) is 0 Å². The van der Waals surface area contributed by atoms with Crippen LogP contribution in [-0.2, 0) is 0 Å². The van der Waals surface area contributed by atoms with Crippen molar-refractivity contribution in [3.8, 4) is 6.07 Å². The Morgan fingerprint density at radius 1 is 1.30 bits per heavy atom. The van der Waals surface area contributed by atoms with Crippen LogP contribution in [0, 0.1) is 29.6 Å². The summed E-state index contributed by atoms with van der Waals surface area (Å²) in [4.78, 5) is 0. The molecule has 1 aliphatic rings. The molecule has 1 N–H and O–H groups in total. The molecule has 1 saturated carbocycles. The normalized spacial score (nSPS) is 27.8.